The van der Waals surface area contributed by atoms with Crippen LogP contribution in [-0.2, 0) is 11.2 Å². The van der Waals surface area contributed by atoms with Crippen molar-refractivity contribution >= 4 is 0 Å². The van der Waals surface area contributed by atoms with Crippen molar-refractivity contribution in [2.24, 2.45) is 0 Å². The van der Waals surface area contributed by atoms with Crippen molar-refractivity contribution in [1.29, 1.82) is 0 Å². The molecule has 1 aromatic carbocycles. The molecule has 0 aliphatic heterocycles. The highest BCUT2D eigenvalue weighted by molar-refractivity contribution is 5.33. The van der Waals surface area contributed by atoms with E-state index in [0.29, 0.717) is 0 Å². The van der Waals surface area contributed by atoms with Gasteiger partial charge in [-0.25, -0.2) is 0 Å². The Kier molecular flexibility index (Phi) is 7.48. The summed E-state index contributed by atoms with van der Waals surface area (Å²) in [6.07, 6.45) is 5.80. The largest absolute Gasteiger partial charge is 0.496 e. The fraction of sp³-hybridized carbons (Fsp3) is 0.600. The van der Waals surface area contributed by atoms with Crippen LogP contribution in [0.4, 0.5) is 0 Å². The molecular formula is C15H24O2. The van der Waals surface area contributed by atoms with Crippen molar-refractivity contribution < 1.29 is 9.47 Å². The molecule has 0 aliphatic carbocycles. The molecule has 0 saturated carbocycles. The lowest BCUT2D eigenvalue weighted by atomic mass is 10.1. The summed E-state index contributed by atoms with van der Waals surface area (Å²) in [5, 5.41) is 0. The highest BCUT2D eigenvalue weighted by Crippen LogP contribution is 2.18. The number of unbranched alkanes of at least 4 members (excludes halogenated alkanes) is 2. The maximum absolute atomic E-state index is 5.59. The zero-order valence-corrected chi connectivity index (χ0v) is 11.1. The molecule has 0 spiro atoms. The fourth-order valence-electron chi connectivity index (χ4n) is 1.83. The minimum atomic E-state index is 0.849. The topological polar surface area (TPSA) is 18.5 Å². The van der Waals surface area contributed by atoms with Crippen molar-refractivity contribution in [3.05, 3.63) is 29.8 Å². The van der Waals surface area contributed by atoms with Gasteiger partial charge in [0, 0.05) is 13.2 Å². The van der Waals surface area contributed by atoms with Crippen LogP contribution in [-0.4, -0.2) is 20.3 Å². The third-order valence-corrected chi connectivity index (χ3v) is 2.82. The molecule has 0 aliphatic rings. The van der Waals surface area contributed by atoms with Gasteiger partial charge in [-0.1, -0.05) is 38.0 Å². The molecule has 2 heteroatoms. The molecule has 0 heterocycles. The van der Waals surface area contributed by atoms with Crippen LogP contribution in [0, 0.1) is 0 Å². The molecule has 0 N–H and O–H groups in total. The minimum absolute atomic E-state index is 0.849. The van der Waals surface area contributed by atoms with Crippen LogP contribution in [0.15, 0.2) is 24.3 Å². The monoisotopic (exact) mass is 236 g/mol. The molecule has 0 saturated heterocycles. The summed E-state index contributed by atoms with van der Waals surface area (Å²) in [6.45, 7) is 3.96. The van der Waals surface area contributed by atoms with E-state index in [1.165, 1.54) is 24.8 Å². The van der Waals surface area contributed by atoms with Crippen LogP contribution in [0.1, 0.15) is 38.2 Å². The molecule has 0 bridgehead atoms. The molecule has 0 amide bonds. The third kappa shape index (κ3) is 5.73. The second kappa shape index (κ2) is 9.06. The van der Waals surface area contributed by atoms with Gasteiger partial charge in [0.25, 0.3) is 0 Å². The molecule has 96 valence electrons. The van der Waals surface area contributed by atoms with Crippen LogP contribution in [0.2, 0.25) is 0 Å². The van der Waals surface area contributed by atoms with E-state index in [2.05, 4.69) is 19.1 Å². The zero-order valence-electron chi connectivity index (χ0n) is 11.1. The van der Waals surface area contributed by atoms with Crippen molar-refractivity contribution in [2.75, 3.05) is 20.3 Å². The Morgan fingerprint density at radius 1 is 1.00 bits per heavy atom. The van der Waals surface area contributed by atoms with Crippen molar-refractivity contribution in [1.82, 2.24) is 0 Å². The Hall–Kier alpha value is -1.02. The second-order valence-corrected chi connectivity index (χ2v) is 4.23. The number of aryl methyl sites for hydroxylation is 1. The number of para-hydroxylation sites is 1. The van der Waals surface area contributed by atoms with E-state index in [1.54, 1.807) is 7.11 Å². The Morgan fingerprint density at radius 2 is 1.76 bits per heavy atom. The molecule has 0 atom stereocenters. The van der Waals surface area contributed by atoms with E-state index in [1.807, 2.05) is 12.1 Å². The first-order valence-corrected chi connectivity index (χ1v) is 6.58. The lowest BCUT2D eigenvalue weighted by Crippen LogP contribution is -1.99. The number of hydrogen-bond donors (Lipinski definition) is 0. The quantitative estimate of drug-likeness (QED) is 0.607. The highest BCUT2D eigenvalue weighted by atomic mass is 16.5. The Bertz CT molecular complexity index is 297. The van der Waals surface area contributed by atoms with Gasteiger partial charge in [-0.05, 0) is 30.9 Å². The molecule has 1 rings (SSSR count). The van der Waals surface area contributed by atoms with Gasteiger partial charge >= 0.3 is 0 Å². The standard InChI is InChI=1S/C15H24O2/c1-3-4-7-12-17-13-8-10-14-9-5-6-11-15(14)16-2/h5-6,9,11H,3-4,7-8,10,12-13H2,1-2H3. The summed E-state index contributed by atoms with van der Waals surface area (Å²) >= 11 is 0. The molecule has 0 aromatic heterocycles. The number of methoxy groups -OCH3 is 1. The summed E-state index contributed by atoms with van der Waals surface area (Å²) < 4.78 is 10.9. The van der Waals surface area contributed by atoms with Crippen molar-refractivity contribution in [3.63, 3.8) is 0 Å². The maximum Gasteiger partial charge on any atom is 0.122 e. The number of rotatable bonds is 9. The van der Waals surface area contributed by atoms with Gasteiger partial charge in [0.1, 0.15) is 5.75 Å². The number of hydrogen-bond acceptors (Lipinski definition) is 2. The van der Waals surface area contributed by atoms with Gasteiger partial charge in [-0.3, -0.25) is 0 Å². The van der Waals surface area contributed by atoms with E-state index >= 15 is 0 Å². The fourth-order valence-corrected chi connectivity index (χ4v) is 1.83. The Balaban J connectivity index is 2.13. The SMILES string of the molecule is CCCCCOCCCc1ccccc1OC. The second-order valence-electron chi connectivity index (χ2n) is 4.23. The van der Waals surface area contributed by atoms with Crippen LogP contribution in [0.25, 0.3) is 0 Å². The van der Waals surface area contributed by atoms with Gasteiger partial charge in [0.05, 0.1) is 7.11 Å². The maximum atomic E-state index is 5.59. The summed E-state index contributed by atoms with van der Waals surface area (Å²) in [5.74, 6) is 0.985. The molecule has 0 unspecified atom stereocenters. The Labute approximate surface area is 105 Å². The van der Waals surface area contributed by atoms with Gasteiger partial charge in [-0.15, -0.1) is 0 Å². The summed E-state index contributed by atoms with van der Waals surface area (Å²) in [5.41, 5.74) is 1.27. The molecule has 0 fully saturated rings. The highest BCUT2D eigenvalue weighted by Gasteiger charge is 2.00. The van der Waals surface area contributed by atoms with Gasteiger partial charge in [0.2, 0.25) is 0 Å². The summed E-state index contributed by atoms with van der Waals surface area (Å²) in [4.78, 5) is 0. The van der Waals surface area contributed by atoms with Crippen molar-refractivity contribution in [2.45, 2.75) is 39.0 Å². The van der Waals surface area contributed by atoms with Crippen LogP contribution < -0.4 is 4.74 Å². The summed E-state index contributed by atoms with van der Waals surface area (Å²) in [6, 6.07) is 8.19. The first-order chi connectivity index (χ1) is 8.38. The predicted molar refractivity (Wildman–Crippen MR) is 71.7 cm³/mol. The van der Waals surface area contributed by atoms with Gasteiger partial charge in [0.15, 0.2) is 0 Å². The van der Waals surface area contributed by atoms with Crippen LogP contribution in [0.3, 0.4) is 0 Å². The van der Waals surface area contributed by atoms with E-state index in [4.69, 9.17) is 9.47 Å². The number of ether oxygens (including phenoxy) is 2. The zero-order chi connectivity index (χ0) is 12.3. The average Bonchev–Trinajstić information content (AvgIpc) is 2.38. The Morgan fingerprint density at radius 3 is 2.53 bits per heavy atom. The lowest BCUT2D eigenvalue weighted by molar-refractivity contribution is 0.128. The van der Waals surface area contributed by atoms with E-state index < -0.39 is 0 Å². The molecule has 2 nitrogen and oxygen atoms in total. The van der Waals surface area contributed by atoms with Crippen molar-refractivity contribution in [3.8, 4) is 5.75 Å². The molecule has 1 aromatic rings. The normalized spacial score (nSPS) is 10.5. The minimum Gasteiger partial charge on any atom is -0.496 e. The first kappa shape index (κ1) is 14.0. The molecular weight excluding hydrogens is 212 g/mol. The van der Waals surface area contributed by atoms with Crippen LogP contribution in [0.5, 0.6) is 5.75 Å². The average molecular weight is 236 g/mol. The first-order valence-electron chi connectivity index (χ1n) is 6.58. The predicted octanol–water partition coefficient (Wildman–Crippen LogP) is 3.83. The van der Waals surface area contributed by atoms with Gasteiger partial charge < -0.3 is 9.47 Å². The van der Waals surface area contributed by atoms with E-state index in [9.17, 15) is 0 Å². The molecule has 17 heavy (non-hydrogen) atoms. The smallest absolute Gasteiger partial charge is 0.122 e. The third-order valence-electron chi connectivity index (χ3n) is 2.82. The molecule has 0 radical (unpaired) electrons. The van der Waals surface area contributed by atoms with Gasteiger partial charge in [-0.2, -0.15) is 0 Å². The van der Waals surface area contributed by atoms with E-state index in [0.717, 1.165) is 31.8 Å². The number of benzene rings is 1. The lowest BCUT2D eigenvalue weighted by Gasteiger charge is -2.08. The summed E-state index contributed by atoms with van der Waals surface area (Å²) in [7, 11) is 1.72. The van der Waals surface area contributed by atoms with Crippen LogP contribution >= 0.6 is 0 Å². The van der Waals surface area contributed by atoms with E-state index in [-0.39, 0.29) is 0 Å².